The number of anilines is 2. The molecule has 2 aliphatic rings. The first kappa shape index (κ1) is 27.0. The predicted molar refractivity (Wildman–Crippen MR) is 140 cm³/mol. The van der Waals surface area contributed by atoms with Crippen molar-refractivity contribution in [1.82, 2.24) is 14.1 Å². The van der Waals surface area contributed by atoms with Gasteiger partial charge < -0.3 is 15.4 Å². The SMILES string of the molecule is Nc1ccc(CS(=O)(=O)N2CCN(c3cnn(-c4cc(F)cc(F)c4)c(=O)c3OC3CCC(F)C3)CC2)cc1. The summed E-state index contributed by atoms with van der Waals surface area (Å²) in [6.45, 7) is 0.802. The number of piperazine rings is 1. The van der Waals surface area contributed by atoms with Crippen molar-refractivity contribution in [1.29, 1.82) is 0 Å². The number of benzene rings is 2. The van der Waals surface area contributed by atoms with E-state index < -0.39 is 39.5 Å². The fourth-order valence-corrected chi connectivity index (χ4v) is 6.41. The molecule has 9 nitrogen and oxygen atoms in total. The second-order valence-electron chi connectivity index (χ2n) is 9.74. The molecule has 1 saturated carbocycles. The van der Waals surface area contributed by atoms with E-state index in [1.807, 2.05) is 0 Å². The zero-order valence-corrected chi connectivity index (χ0v) is 21.8. The van der Waals surface area contributed by atoms with E-state index in [4.69, 9.17) is 10.5 Å². The molecule has 5 rings (SSSR count). The lowest BCUT2D eigenvalue weighted by Gasteiger charge is -2.36. The van der Waals surface area contributed by atoms with Gasteiger partial charge in [-0.15, -0.1) is 0 Å². The highest BCUT2D eigenvalue weighted by Gasteiger charge is 2.32. The number of rotatable bonds is 7. The van der Waals surface area contributed by atoms with E-state index in [0.717, 1.165) is 16.8 Å². The van der Waals surface area contributed by atoms with Crippen molar-refractivity contribution < 1.29 is 26.3 Å². The van der Waals surface area contributed by atoms with Crippen LogP contribution in [0.15, 0.2) is 53.5 Å². The van der Waals surface area contributed by atoms with Gasteiger partial charge in [-0.3, -0.25) is 4.79 Å². The average Bonchev–Trinajstić information content (AvgIpc) is 3.30. The number of nitrogens with two attached hydrogens (primary N) is 1. The van der Waals surface area contributed by atoms with Gasteiger partial charge in [-0.05, 0) is 42.7 Å². The summed E-state index contributed by atoms with van der Waals surface area (Å²) >= 11 is 0. The molecule has 208 valence electrons. The molecule has 2 fully saturated rings. The minimum absolute atomic E-state index is 0.118. The van der Waals surface area contributed by atoms with Crippen LogP contribution in [0.5, 0.6) is 5.75 Å². The van der Waals surface area contributed by atoms with Crippen molar-refractivity contribution in [3.8, 4) is 11.4 Å². The lowest BCUT2D eigenvalue weighted by atomic mass is 10.2. The highest BCUT2D eigenvalue weighted by Crippen LogP contribution is 2.31. The van der Waals surface area contributed by atoms with E-state index in [2.05, 4.69) is 5.10 Å². The number of nitrogens with zero attached hydrogens (tertiary/aromatic N) is 4. The summed E-state index contributed by atoms with van der Waals surface area (Å²) in [7, 11) is -3.61. The molecule has 1 saturated heterocycles. The molecule has 0 radical (unpaired) electrons. The van der Waals surface area contributed by atoms with Crippen LogP contribution in [0, 0.1) is 11.6 Å². The van der Waals surface area contributed by atoms with Gasteiger partial charge >= 0.3 is 5.56 Å². The third-order valence-electron chi connectivity index (χ3n) is 6.91. The van der Waals surface area contributed by atoms with Gasteiger partial charge in [-0.2, -0.15) is 14.1 Å². The van der Waals surface area contributed by atoms with Crippen molar-refractivity contribution in [2.75, 3.05) is 36.8 Å². The molecule has 2 unspecified atom stereocenters. The van der Waals surface area contributed by atoms with E-state index in [9.17, 15) is 26.4 Å². The van der Waals surface area contributed by atoms with Crippen LogP contribution < -0.4 is 20.9 Å². The van der Waals surface area contributed by atoms with Crippen molar-refractivity contribution in [3.63, 3.8) is 0 Å². The van der Waals surface area contributed by atoms with E-state index in [1.165, 1.54) is 10.5 Å². The van der Waals surface area contributed by atoms with Crippen molar-refractivity contribution in [2.24, 2.45) is 0 Å². The summed E-state index contributed by atoms with van der Waals surface area (Å²) in [6, 6.07) is 9.25. The Labute approximate surface area is 223 Å². The van der Waals surface area contributed by atoms with Crippen LogP contribution in [-0.2, 0) is 15.8 Å². The third-order valence-corrected chi connectivity index (χ3v) is 8.76. The number of ether oxygens (including phenoxy) is 1. The monoisotopic (exact) mass is 563 g/mol. The van der Waals surface area contributed by atoms with Crippen LogP contribution >= 0.6 is 0 Å². The van der Waals surface area contributed by atoms with Crippen LogP contribution in [0.3, 0.4) is 0 Å². The van der Waals surface area contributed by atoms with E-state index in [1.54, 1.807) is 29.2 Å². The molecule has 1 aliphatic carbocycles. The molecule has 0 bridgehead atoms. The molecule has 2 aromatic carbocycles. The highest BCUT2D eigenvalue weighted by molar-refractivity contribution is 7.88. The molecule has 2 N–H and O–H groups in total. The maximum atomic E-state index is 13.9. The van der Waals surface area contributed by atoms with Crippen LogP contribution in [0.1, 0.15) is 24.8 Å². The lowest BCUT2D eigenvalue weighted by molar-refractivity contribution is 0.193. The van der Waals surface area contributed by atoms with E-state index in [0.29, 0.717) is 35.8 Å². The Hall–Kier alpha value is -3.58. The Balaban J connectivity index is 1.39. The number of nitrogen functional groups attached to an aromatic ring is 1. The zero-order chi connectivity index (χ0) is 27.7. The van der Waals surface area contributed by atoms with E-state index in [-0.39, 0.29) is 49.8 Å². The smallest absolute Gasteiger partial charge is 0.316 e. The normalized spacial score (nSPS) is 20.3. The molecule has 2 atom stereocenters. The summed E-state index contributed by atoms with van der Waals surface area (Å²) in [5, 5.41) is 4.12. The Bertz CT molecular complexity index is 1490. The molecule has 39 heavy (non-hydrogen) atoms. The standard InChI is InChI=1S/C26H28F3N5O4S/c27-18-3-6-23(14-18)38-25-24(15-31-34(26(25)35)22-12-19(28)11-20(29)13-22)32-7-9-33(10-8-32)39(36,37)16-17-1-4-21(30)5-2-17/h1-2,4-5,11-13,15,18,23H,3,6-10,14,16,30H2. The third kappa shape index (κ3) is 6.04. The van der Waals surface area contributed by atoms with Crippen LogP contribution in [-0.4, -0.2) is 61.0 Å². The van der Waals surface area contributed by atoms with Gasteiger partial charge in [0.25, 0.3) is 0 Å². The Morgan fingerprint density at radius 1 is 1.00 bits per heavy atom. The van der Waals surface area contributed by atoms with E-state index >= 15 is 0 Å². The summed E-state index contributed by atoms with van der Waals surface area (Å²) in [5.41, 5.74) is 6.28. The molecule has 0 spiro atoms. The largest absolute Gasteiger partial charge is 0.483 e. The van der Waals surface area contributed by atoms with Crippen molar-refractivity contribution in [2.45, 2.75) is 37.3 Å². The van der Waals surface area contributed by atoms with Gasteiger partial charge in [-0.1, -0.05) is 12.1 Å². The van der Waals surface area contributed by atoms with Crippen LogP contribution in [0.2, 0.25) is 0 Å². The summed E-state index contributed by atoms with van der Waals surface area (Å²) in [6.07, 6.45) is 0.586. The lowest BCUT2D eigenvalue weighted by Crippen LogP contribution is -2.49. The minimum Gasteiger partial charge on any atom is -0.483 e. The summed E-state index contributed by atoms with van der Waals surface area (Å²) < 4.78 is 75.8. The maximum absolute atomic E-state index is 13.9. The second-order valence-corrected chi connectivity index (χ2v) is 11.7. The van der Waals surface area contributed by atoms with Crippen molar-refractivity contribution in [3.05, 3.63) is 76.2 Å². The summed E-state index contributed by atoms with van der Waals surface area (Å²) in [5.74, 6) is -2.04. The average molecular weight is 564 g/mol. The van der Waals surface area contributed by atoms with Crippen LogP contribution in [0.25, 0.3) is 5.69 Å². The minimum atomic E-state index is -3.61. The molecule has 1 aromatic heterocycles. The fraction of sp³-hybridized carbons (Fsp3) is 0.385. The number of aromatic nitrogens is 2. The number of hydrogen-bond acceptors (Lipinski definition) is 7. The topological polar surface area (TPSA) is 111 Å². The Kier molecular flexibility index (Phi) is 7.54. The first-order valence-electron chi connectivity index (χ1n) is 12.6. The molecule has 13 heteroatoms. The summed E-state index contributed by atoms with van der Waals surface area (Å²) in [4.78, 5) is 15.2. The quantitative estimate of drug-likeness (QED) is 0.440. The van der Waals surface area contributed by atoms with Gasteiger partial charge in [0.15, 0.2) is 0 Å². The zero-order valence-electron chi connectivity index (χ0n) is 21.0. The molecule has 1 aliphatic heterocycles. The number of alkyl halides is 1. The number of sulfonamides is 1. The van der Waals surface area contributed by atoms with Gasteiger partial charge in [-0.25, -0.2) is 21.6 Å². The Morgan fingerprint density at radius 3 is 2.28 bits per heavy atom. The van der Waals surface area contributed by atoms with Gasteiger partial charge in [0, 0.05) is 44.4 Å². The van der Waals surface area contributed by atoms with Crippen LogP contribution in [0.4, 0.5) is 24.5 Å². The molecular weight excluding hydrogens is 535 g/mol. The predicted octanol–water partition coefficient (Wildman–Crippen LogP) is 3.01. The first-order chi connectivity index (χ1) is 18.6. The second kappa shape index (κ2) is 10.9. The van der Waals surface area contributed by atoms with Gasteiger partial charge in [0.1, 0.15) is 29.6 Å². The van der Waals surface area contributed by atoms with Crippen molar-refractivity contribution >= 4 is 21.4 Å². The number of hydrogen-bond donors (Lipinski definition) is 1. The maximum Gasteiger partial charge on any atom is 0.316 e. The number of halogens is 3. The van der Waals surface area contributed by atoms with Gasteiger partial charge in [0.2, 0.25) is 15.8 Å². The molecule has 2 heterocycles. The molecule has 0 amide bonds. The molecular formula is C26H28F3N5O4S. The highest BCUT2D eigenvalue weighted by atomic mass is 32.2. The molecule has 3 aromatic rings. The fourth-order valence-electron chi connectivity index (χ4n) is 4.90. The Morgan fingerprint density at radius 2 is 1.67 bits per heavy atom. The first-order valence-corrected chi connectivity index (χ1v) is 14.2. The van der Waals surface area contributed by atoms with Gasteiger partial charge in [0.05, 0.1) is 17.6 Å².